The van der Waals surface area contributed by atoms with Crippen LogP contribution in [0.15, 0.2) is 30.3 Å². The molecule has 0 spiro atoms. The van der Waals surface area contributed by atoms with Crippen molar-refractivity contribution >= 4 is 5.97 Å². The van der Waals surface area contributed by atoms with Gasteiger partial charge in [-0.1, -0.05) is 13.0 Å². The fraction of sp³-hybridized carbons (Fsp3) is 0.381. The van der Waals surface area contributed by atoms with Crippen molar-refractivity contribution in [2.24, 2.45) is 0 Å². The maximum absolute atomic E-state index is 12.2. The summed E-state index contributed by atoms with van der Waals surface area (Å²) in [6.07, 6.45) is -0.238. The zero-order valence-corrected chi connectivity index (χ0v) is 16.6. The van der Waals surface area contributed by atoms with Crippen molar-refractivity contribution < 1.29 is 33.2 Å². The van der Waals surface area contributed by atoms with Crippen LogP contribution in [0, 0.1) is 0 Å². The van der Waals surface area contributed by atoms with Gasteiger partial charge in [-0.2, -0.15) is 0 Å². The zero-order chi connectivity index (χ0) is 20.3. The topological polar surface area (TPSA) is 72.5 Å². The van der Waals surface area contributed by atoms with Crippen LogP contribution in [0.5, 0.6) is 23.0 Å². The van der Waals surface area contributed by atoms with Crippen LogP contribution >= 0.6 is 0 Å². The lowest BCUT2D eigenvalue weighted by atomic mass is 9.91. The van der Waals surface area contributed by atoms with Gasteiger partial charge >= 0.3 is 5.97 Å². The van der Waals surface area contributed by atoms with Gasteiger partial charge in [0.25, 0.3) is 0 Å². The van der Waals surface area contributed by atoms with Crippen LogP contribution in [0.25, 0.3) is 0 Å². The maximum atomic E-state index is 12.2. The molecule has 7 heteroatoms. The third-order valence-corrected chi connectivity index (χ3v) is 4.78. The lowest BCUT2D eigenvalue weighted by Gasteiger charge is -2.17. The van der Waals surface area contributed by atoms with Gasteiger partial charge in [0.2, 0.25) is 0 Å². The Morgan fingerprint density at radius 2 is 1.75 bits per heavy atom. The summed E-state index contributed by atoms with van der Waals surface area (Å²) in [5.74, 6) is 1.83. The van der Waals surface area contributed by atoms with Gasteiger partial charge in [-0.05, 0) is 23.8 Å². The van der Waals surface area contributed by atoms with Crippen LogP contribution in [0.3, 0.4) is 0 Å². The molecule has 0 aliphatic carbocycles. The van der Waals surface area contributed by atoms with E-state index >= 15 is 0 Å². The number of esters is 1. The van der Waals surface area contributed by atoms with E-state index in [1.807, 2.05) is 25.1 Å². The van der Waals surface area contributed by atoms with E-state index in [0.29, 0.717) is 28.6 Å². The molecular formula is C21H24O7. The molecule has 1 aliphatic heterocycles. The number of fused-ring (bicyclic) bond motifs is 1. The molecule has 0 aromatic heterocycles. The first-order chi connectivity index (χ1) is 13.5. The Hall–Kier alpha value is -2.93. The van der Waals surface area contributed by atoms with Gasteiger partial charge in [0.05, 0.1) is 21.3 Å². The van der Waals surface area contributed by atoms with Crippen molar-refractivity contribution in [3.8, 4) is 23.0 Å². The third-order valence-electron chi connectivity index (χ3n) is 4.78. The molecule has 0 fully saturated rings. The highest BCUT2D eigenvalue weighted by molar-refractivity contribution is 5.93. The second-order valence-electron chi connectivity index (χ2n) is 6.37. The molecule has 3 rings (SSSR count). The van der Waals surface area contributed by atoms with Gasteiger partial charge in [-0.15, -0.1) is 0 Å². The number of carbonyl (C=O) groups is 1. The van der Waals surface area contributed by atoms with Crippen LogP contribution in [0.1, 0.15) is 40.4 Å². The van der Waals surface area contributed by atoms with Gasteiger partial charge in [0.1, 0.15) is 23.2 Å². The smallest absolute Gasteiger partial charge is 0.341 e. The number of rotatable bonds is 7. The first kappa shape index (κ1) is 19.8. The van der Waals surface area contributed by atoms with Crippen LogP contribution in [-0.2, 0) is 9.47 Å². The minimum Gasteiger partial charge on any atom is -0.493 e. The fourth-order valence-corrected chi connectivity index (χ4v) is 3.34. The Morgan fingerprint density at radius 1 is 1.00 bits per heavy atom. The number of benzene rings is 2. The Labute approximate surface area is 164 Å². The zero-order valence-electron chi connectivity index (χ0n) is 16.6. The van der Waals surface area contributed by atoms with E-state index in [4.69, 9.17) is 28.4 Å². The highest BCUT2D eigenvalue weighted by atomic mass is 16.7. The number of ether oxygens (including phenoxy) is 6. The lowest BCUT2D eigenvalue weighted by molar-refractivity contribution is 0.0463. The normalized spacial score (nSPS) is 17.5. The second-order valence-corrected chi connectivity index (χ2v) is 6.37. The van der Waals surface area contributed by atoms with Gasteiger partial charge in [-0.3, -0.25) is 0 Å². The minimum atomic E-state index is -0.476. The van der Waals surface area contributed by atoms with Crippen LogP contribution in [-0.4, -0.2) is 41.2 Å². The molecule has 2 aromatic carbocycles. The molecule has 28 heavy (non-hydrogen) atoms. The molecule has 1 aliphatic rings. The summed E-state index contributed by atoms with van der Waals surface area (Å²) in [5, 5.41) is 0. The minimum absolute atomic E-state index is 0.00739. The first-order valence-electron chi connectivity index (χ1n) is 8.80. The average molecular weight is 388 g/mol. The summed E-state index contributed by atoms with van der Waals surface area (Å²) >= 11 is 0. The Balaban J connectivity index is 1.98. The monoisotopic (exact) mass is 388 g/mol. The summed E-state index contributed by atoms with van der Waals surface area (Å²) in [6.45, 7) is 2.06. The van der Waals surface area contributed by atoms with Crippen molar-refractivity contribution in [3.63, 3.8) is 0 Å². The Morgan fingerprint density at radius 3 is 2.39 bits per heavy atom. The first-order valence-corrected chi connectivity index (χ1v) is 8.80. The van der Waals surface area contributed by atoms with E-state index in [1.165, 1.54) is 14.2 Å². The van der Waals surface area contributed by atoms with E-state index in [1.54, 1.807) is 26.4 Å². The quantitative estimate of drug-likeness (QED) is 0.529. The average Bonchev–Trinajstić information content (AvgIpc) is 3.05. The summed E-state index contributed by atoms with van der Waals surface area (Å²) in [6, 6.07) is 9.16. The van der Waals surface area contributed by atoms with E-state index in [9.17, 15) is 4.79 Å². The van der Waals surface area contributed by atoms with E-state index in [0.717, 1.165) is 11.1 Å². The molecule has 1 heterocycles. The van der Waals surface area contributed by atoms with Gasteiger partial charge in [-0.25, -0.2) is 4.79 Å². The van der Waals surface area contributed by atoms with E-state index in [2.05, 4.69) is 0 Å². The maximum Gasteiger partial charge on any atom is 0.341 e. The molecule has 0 N–H and O–H groups in total. The third kappa shape index (κ3) is 3.57. The number of hydrogen-bond donors (Lipinski definition) is 0. The predicted molar refractivity (Wildman–Crippen MR) is 102 cm³/mol. The van der Waals surface area contributed by atoms with Crippen LogP contribution in [0.2, 0.25) is 0 Å². The molecule has 0 saturated heterocycles. The number of methoxy groups -OCH3 is 4. The van der Waals surface area contributed by atoms with Gasteiger partial charge in [0.15, 0.2) is 18.3 Å². The number of hydrogen-bond acceptors (Lipinski definition) is 7. The number of carbonyl (C=O) groups excluding carboxylic acids is 1. The molecule has 2 aromatic rings. The summed E-state index contributed by atoms with van der Waals surface area (Å²) in [4.78, 5) is 12.2. The SMILES string of the molecule is COCOc1cc2c(cc1C(=O)OC)[C@H](C)[C@@H](c1ccc(OC)c(OC)c1)O2. The Bertz CT molecular complexity index is 862. The summed E-state index contributed by atoms with van der Waals surface area (Å²) in [5.41, 5.74) is 2.19. The fourth-order valence-electron chi connectivity index (χ4n) is 3.34. The van der Waals surface area contributed by atoms with Crippen molar-refractivity contribution in [1.82, 2.24) is 0 Å². The second kappa shape index (κ2) is 8.39. The van der Waals surface area contributed by atoms with Crippen molar-refractivity contribution in [2.75, 3.05) is 35.2 Å². The lowest BCUT2D eigenvalue weighted by Crippen LogP contribution is -2.08. The molecule has 0 saturated carbocycles. The predicted octanol–water partition coefficient (Wildman–Crippen LogP) is 3.71. The Kier molecular flexibility index (Phi) is 5.94. The molecule has 7 nitrogen and oxygen atoms in total. The van der Waals surface area contributed by atoms with Crippen molar-refractivity contribution in [1.29, 1.82) is 0 Å². The molecular weight excluding hydrogens is 364 g/mol. The van der Waals surface area contributed by atoms with Gasteiger partial charge in [0, 0.05) is 24.7 Å². The molecule has 0 unspecified atom stereocenters. The molecule has 0 amide bonds. The standard InChI is InChI=1S/C21H24O7/c1-12-14-9-15(21(22)26-5)17(27-11-23-2)10-18(14)28-20(12)13-6-7-16(24-3)19(8-13)25-4/h6-10,12,20H,11H2,1-5H3/t12-,20-/m0/s1. The highest BCUT2D eigenvalue weighted by Gasteiger charge is 2.35. The van der Waals surface area contributed by atoms with Crippen molar-refractivity contribution in [3.05, 3.63) is 47.0 Å². The molecule has 0 radical (unpaired) electrons. The van der Waals surface area contributed by atoms with Crippen LogP contribution < -0.4 is 18.9 Å². The highest BCUT2D eigenvalue weighted by Crippen LogP contribution is 2.49. The largest absolute Gasteiger partial charge is 0.493 e. The van der Waals surface area contributed by atoms with E-state index in [-0.39, 0.29) is 18.8 Å². The van der Waals surface area contributed by atoms with E-state index < -0.39 is 5.97 Å². The van der Waals surface area contributed by atoms with Gasteiger partial charge < -0.3 is 28.4 Å². The summed E-state index contributed by atoms with van der Waals surface area (Å²) < 4.78 is 32.3. The summed E-state index contributed by atoms with van der Waals surface area (Å²) in [7, 11) is 6.04. The van der Waals surface area contributed by atoms with Crippen LogP contribution in [0.4, 0.5) is 0 Å². The molecule has 150 valence electrons. The molecule has 2 atom stereocenters. The molecule has 0 bridgehead atoms. The van der Waals surface area contributed by atoms with Crippen molar-refractivity contribution in [2.45, 2.75) is 18.9 Å².